The predicted octanol–water partition coefficient (Wildman–Crippen LogP) is 2.00. The van der Waals surface area contributed by atoms with E-state index in [9.17, 15) is 4.79 Å². The van der Waals surface area contributed by atoms with Crippen LogP contribution in [0.2, 0.25) is 0 Å². The Hall–Kier alpha value is -1.35. The van der Waals surface area contributed by atoms with Crippen LogP contribution in [0.3, 0.4) is 0 Å². The maximum absolute atomic E-state index is 12.2. The molecule has 0 radical (unpaired) electrons. The monoisotopic (exact) mass is 260 g/mol. The fourth-order valence-electron chi connectivity index (χ4n) is 2.49. The first kappa shape index (κ1) is 14.1. The van der Waals surface area contributed by atoms with E-state index in [0.29, 0.717) is 6.42 Å². The molecule has 1 aromatic rings. The number of amides is 1. The second-order valence-electron chi connectivity index (χ2n) is 5.23. The largest absolute Gasteiger partial charge is 0.341 e. The number of rotatable bonds is 4. The standard InChI is InChI=1S/C16H24N2O/c1-2-4-14-5-7-15(8-6-14)13-16(19)18-11-3-9-17-10-12-18/h5-8,17H,2-4,9-13H2,1H3. The summed E-state index contributed by atoms with van der Waals surface area (Å²) in [5.74, 6) is 0.256. The van der Waals surface area contributed by atoms with Gasteiger partial charge in [-0.2, -0.15) is 0 Å². The number of hydrogen-bond acceptors (Lipinski definition) is 2. The summed E-state index contributed by atoms with van der Waals surface area (Å²) in [6, 6.07) is 8.49. The highest BCUT2D eigenvalue weighted by atomic mass is 16.2. The van der Waals surface area contributed by atoms with Crippen molar-refractivity contribution in [2.24, 2.45) is 0 Å². The number of benzene rings is 1. The summed E-state index contributed by atoms with van der Waals surface area (Å²) in [5.41, 5.74) is 2.49. The Morgan fingerprint density at radius 2 is 1.89 bits per heavy atom. The van der Waals surface area contributed by atoms with Crippen LogP contribution in [0, 0.1) is 0 Å². The molecule has 3 nitrogen and oxygen atoms in total. The summed E-state index contributed by atoms with van der Waals surface area (Å²) in [7, 11) is 0. The Kier molecular flexibility index (Phi) is 5.40. The van der Waals surface area contributed by atoms with Crippen molar-refractivity contribution >= 4 is 5.91 Å². The van der Waals surface area contributed by atoms with Crippen LogP contribution in [0.5, 0.6) is 0 Å². The zero-order valence-corrected chi connectivity index (χ0v) is 11.8. The maximum atomic E-state index is 12.2. The molecule has 0 aliphatic carbocycles. The molecule has 104 valence electrons. The zero-order chi connectivity index (χ0) is 13.5. The average molecular weight is 260 g/mol. The minimum atomic E-state index is 0.256. The van der Waals surface area contributed by atoms with Gasteiger partial charge in [0.25, 0.3) is 0 Å². The van der Waals surface area contributed by atoms with Gasteiger partial charge in [-0.05, 0) is 30.5 Å². The van der Waals surface area contributed by atoms with Crippen molar-refractivity contribution in [1.82, 2.24) is 10.2 Å². The molecule has 0 atom stereocenters. The molecular weight excluding hydrogens is 236 g/mol. The molecule has 2 rings (SSSR count). The van der Waals surface area contributed by atoms with Crippen molar-refractivity contribution in [3.8, 4) is 0 Å². The molecule has 0 spiro atoms. The van der Waals surface area contributed by atoms with Gasteiger partial charge in [0.2, 0.25) is 5.91 Å². The lowest BCUT2D eigenvalue weighted by atomic mass is 10.1. The second-order valence-corrected chi connectivity index (χ2v) is 5.23. The molecule has 1 fully saturated rings. The first-order valence-corrected chi connectivity index (χ1v) is 7.36. The van der Waals surface area contributed by atoms with Crippen LogP contribution < -0.4 is 5.32 Å². The topological polar surface area (TPSA) is 32.3 Å². The molecule has 1 aromatic carbocycles. The lowest BCUT2D eigenvalue weighted by molar-refractivity contribution is -0.130. The van der Waals surface area contributed by atoms with Gasteiger partial charge >= 0.3 is 0 Å². The highest BCUT2D eigenvalue weighted by Gasteiger charge is 2.15. The van der Waals surface area contributed by atoms with Gasteiger partial charge in [0.05, 0.1) is 6.42 Å². The van der Waals surface area contributed by atoms with E-state index in [1.165, 1.54) is 12.0 Å². The van der Waals surface area contributed by atoms with E-state index in [1.807, 2.05) is 4.90 Å². The van der Waals surface area contributed by atoms with Crippen LogP contribution >= 0.6 is 0 Å². The fraction of sp³-hybridized carbons (Fsp3) is 0.562. The van der Waals surface area contributed by atoms with E-state index in [0.717, 1.165) is 44.6 Å². The molecule has 1 heterocycles. The fourth-order valence-corrected chi connectivity index (χ4v) is 2.49. The molecular formula is C16H24N2O. The molecule has 0 bridgehead atoms. The summed E-state index contributed by atoms with van der Waals surface area (Å²) in [6.45, 7) is 5.86. The van der Waals surface area contributed by atoms with Crippen molar-refractivity contribution in [3.05, 3.63) is 35.4 Å². The summed E-state index contributed by atoms with van der Waals surface area (Å²) in [6.07, 6.45) is 3.87. The number of hydrogen-bond donors (Lipinski definition) is 1. The third-order valence-electron chi connectivity index (χ3n) is 3.61. The number of aryl methyl sites for hydroxylation is 1. The average Bonchev–Trinajstić information content (AvgIpc) is 2.70. The van der Waals surface area contributed by atoms with E-state index in [-0.39, 0.29) is 5.91 Å². The van der Waals surface area contributed by atoms with Gasteiger partial charge in [-0.15, -0.1) is 0 Å². The molecule has 1 aliphatic heterocycles. The van der Waals surface area contributed by atoms with Crippen molar-refractivity contribution in [3.63, 3.8) is 0 Å². The van der Waals surface area contributed by atoms with Crippen LogP contribution in [0.25, 0.3) is 0 Å². The van der Waals surface area contributed by atoms with E-state index < -0.39 is 0 Å². The SMILES string of the molecule is CCCc1ccc(CC(=O)N2CCCNCC2)cc1. The first-order valence-electron chi connectivity index (χ1n) is 7.36. The van der Waals surface area contributed by atoms with Gasteiger partial charge in [0.15, 0.2) is 0 Å². The third-order valence-corrected chi connectivity index (χ3v) is 3.61. The molecule has 0 aromatic heterocycles. The lowest BCUT2D eigenvalue weighted by Gasteiger charge is -2.20. The number of nitrogens with zero attached hydrogens (tertiary/aromatic N) is 1. The molecule has 19 heavy (non-hydrogen) atoms. The molecule has 1 aliphatic rings. The summed E-state index contributed by atoms with van der Waals surface area (Å²) in [4.78, 5) is 14.2. The smallest absolute Gasteiger partial charge is 0.227 e. The van der Waals surface area contributed by atoms with E-state index in [4.69, 9.17) is 0 Å². The van der Waals surface area contributed by atoms with Crippen molar-refractivity contribution in [1.29, 1.82) is 0 Å². The lowest BCUT2D eigenvalue weighted by Crippen LogP contribution is -2.35. The molecule has 1 amide bonds. The molecule has 0 saturated carbocycles. The van der Waals surface area contributed by atoms with Crippen LogP contribution in [-0.2, 0) is 17.6 Å². The van der Waals surface area contributed by atoms with Crippen molar-refractivity contribution < 1.29 is 4.79 Å². The van der Waals surface area contributed by atoms with Gasteiger partial charge in [0, 0.05) is 19.6 Å². The van der Waals surface area contributed by atoms with Crippen molar-refractivity contribution in [2.45, 2.75) is 32.6 Å². The van der Waals surface area contributed by atoms with Crippen LogP contribution in [0.4, 0.5) is 0 Å². The van der Waals surface area contributed by atoms with E-state index in [1.54, 1.807) is 0 Å². The third kappa shape index (κ3) is 4.35. The molecule has 0 unspecified atom stereocenters. The predicted molar refractivity (Wildman–Crippen MR) is 78.2 cm³/mol. The maximum Gasteiger partial charge on any atom is 0.227 e. The van der Waals surface area contributed by atoms with Gasteiger partial charge in [-0.25, -0.2) is 0 Å². The second kappa shape index (κ2) is 7.29. The quantitative estimate of drug-likeness (QED) is 0.898. The molecule has 1 saturated heterocycles. The van der Waals surface area contributed by atoms with Crippen LogP contribution in [-0.4, -0.2) is 37.0 Å². The normalized spacial score (nSPS) is 16.2. The minimum absolute atomic E-state index is 0.256. The van der Waals surface area contributed by atoms with Gasteiger partial charge < -0.3 is 10.2 Å². The zero-order valence-electron chi connectivity index (χ0n) is 11.8. The summed E-state index contributed by atoms with van der Waals surface area (Å²) >= 11 is 0. The number of carbonyl (C=O) groups excluding carboxylic acids is 1. The Labute approximate surface area is 116 Å². The molecule has 3 heteroatoms. The Morgan fingerprint density at radius 3 is 2.63 bits per heavy atom. The highest BCUT2D eigenvalue weighted by Crippen LogP contribution is 2.09. The first-order chi connectivity index (χ1) is 9.29. The van der Waals surface area contributed by atoms with Crippen LogP contribution in [0.1, 0.15) is 30.9 Å². The van der Waals surface area contributed by atoms with E-state index >= 15 is 0 Å². The summed E-state index contributed by atoms with van der Waals surface area (Å²) < 4.78 is 0. The molecule has 1 N–H and O–H groups in total. The summed E-state index contributed by atoms with van der Waals surface area (Å²) in [5, 5.41) is 3.32. The van der Waals surface area contributed by atoms with E-state index in [2.05, 4.69) is 36.5 Å². The number of carbonyl (C=O) groups is 1. The number of nitrogens with one attached hydrogen (secondary N) is 1. The Balaban J connectivity index is 1.90. The minimum Gasteiger partial charge on any atom is -0.341 e. The van der Waals surface area contributed by atoms with Gasteiger partial charge in [-0.3, -0.25) is 4.79 Å². The highest BCUT2D eigenvalue weighted by molar-refractivity contribution is 5.78. The van der Waals surface area contributed by atoms with Gasteiger partial charge in [0.1, 0.15) is 0 Å². The van der Waals surface area contributed by atoms with Gasteiger partial charge in [-0.1, -0.05) is 37.6 Å². The van der Waals surface area contributed by atoms with Crippen LogP contribution in [0.15, 0.2) is 24.3 Å². The van der Waals surface area contributed by atoms with Crippen molar-refractivity contribution in [2.75, 3.05) is 26.2 Å². The Bertz CT molecular complexity index is 392. The Morgan fingerprint density at radius 1 is 1.16 bits per heavy atom.